The highest BCUT2D eigenvalue weighted by Crippen LogP contribution is 2.30. The Balaban J connectivity index is 3.05. The third-order valence-electron chi connectivity index (χ3n) is 1.46. The van der Waals surface area contributed by atoms with Crippen molar-refractivity contribution in [2.75, 3.05) is 0 Å². The van der Waals surface area contributed by atoms with Crippen LogP contribution >= 0.6 is 22.6 Å². The average molecular weight is 264 g/mol. The van der Waals surface area contributed by atoms with Crippen molar-refractivity contribution in [3.8, 4) is 11.5 Å². The Bertz CT molecular complexity index is 258. The van der Waals surface area contributed by atoms with E-state index in [1.165, 1.54) is 6.07 Å². The highest BCUT2D eigenvalue weighted by atomic mass is 127. The molecule has 0 aliphatic carbocycles. The van der Waals surface area contributed by atoms with Gasteiger partial charge >= 0.3 is 0 Å². The van der Waals surface area contributed by atoms with Crippen molar-refractivity contribution in [3.63, 3.8) is 0 Å². The van der Waals surface area contributed by atoms with E-state index in [1.807, 2.05) is 6.92 Å². The Morgan fingerprint density at radius 2 is 1.91 bits per heavy atom. The lowest BCUT2D eigenvalue weighted by Gasteiger charge is -2.04. The molecule has 0 aliphatic rings. The number of benzene rings is 1. The summed E-state index contributed by atoms with van der Waals surface area (Å²) in [5.41, 5.74) is 1.01. The SMILES string of the molecule is CC(I)c1ccc(O)c(O)c1. The maximum atomic E-state index is 9.10. The molecule has 0 bridgehead atoms. The fourth-order valence-corrected chi connectivity index (χ4v) is 1.18. The molecule has 11 heavy (non-hydrogen) atoms. The molecular formula is C8H9IO2. The van der Waals surface area contributed by atoms with Crippen LogP contribution in [0.2, 0.25) is 0 Å². The monoisotopic (exact) mass is 264 g/mol. The summed E-state index contributed by atoms with van der Waals surface area (Å²) in [7, 11) is 0. The van der Waals surface area contributed by atoms with Gasteiger partial charge < -0.3 is 10.2 Å². The Morgan fingerprint density at radius 3 is 2.36 bits per heavy atom. The number of rotatable bonds is 1. The summed E-state index contributed by atoms with van der Waals surface area (Å²) in [5.74, 6) is -0.114. The number of alkyl halides is 1. The van der Waals surface area contributed by atoms with E-state index in [4.69, 9.17) is 10.2 Å². The molecule has 0 saturated heterocycles. The van der Waals surface area contributed by atoms with Gasteiger partial charge in [0.15, 0.2) is 11.5 Å². The molecule has 1 atom stereocenters. The molecule has 0 aromatic heterocycles. The molecule has 2 nitrogen and oxygen atoms in total. The predicted molar refractivity (Wildman–Crippen MR) is 52.2 cm³/mol. The summed E-state index contributed by atoms with van der Waals surface area (Å²) in [5, 5.41) is 18.1. The van der Waals surface area contributed by atoms with Crippen LogP contribution in [-0.2, 0) is 0 Å². The minimum Gasteiger partial charge on any atom is -0.504 e. The highest BCUT2D eigenvalue weighted by molar-refractivity contribution is 14.1. The van der Waals surface area contributed by atoms with Gasteiger partial charge in [-0.05, 0) is 24.6 Å². The molecule has 1 unspecified atom stereocenters. The number of aromatic hydroxyl groups is 2. The van der Waals surface area contributed by atoms with Crippen molar-refractivity contribution < 1.29 is 10.2 Å². The van der Waals surface area contributed by atoms with Crippen LogP contribution in [0.25, 0.3) is 0 Å². The Hall–Kier alpha value is -0.450. The van der Waals surface area contributed by atoms with Crippen LogP contribution in [-0.4, -0.2) is 10.2 Å². The summed E-state index contributed by atoms with van der Waals surface area (Å²) in [6.07, 6.45) is 0. The van der Waals surface area contributed by atoms with Gasteiger partial charge in [0, 0.05) is 3.92 Å². The Morgan fingerprint density at radius 1 is 1.27 bits per heavy atom. The van der Waals surface area contributed by atoms with Crippen LogP contribution in [0, 0.1) is 0 Å². The first kappa shape index (κ1) is 8.64. The first-order valence-corrected chi connectivity index (χ1v) is 4.52. The summed E-state index contributed by atoms with van der Waals surface area (Å²) in [6, 6.07) is 4.87. The van der Waals surface area contributed by atoms with E-state index in [2.05, 4.69) is 22.6 Å². The van der Waals surface area contributed by atoms with E-state index < -0.39 is 0 Å². The molecule has 0 heterocycles. The summed E-state index contributed by atoms with van der Waals surface area (Å²) in [4.78, 5) is 0. The van der Waals surface area contributed by atoms with Crippen molar-refractivity contribution in [3.05, 3.63) is 23.8 Å². The van der Waals surface area contributed by atoms with E-state index in [-0.39, 0.29) is 11.5 Å². The number of hydrogen-bond donors (Lipinski definition) is 2. The first-order valence-electron chi connectivity index (χ1n) is 3.27. The zero-order valence-corrected chi connectivity index (χ0v) is 8.24. The molecule has 60 valence electrons. The van der Waals surface area contributed by atoms with Gasteiger partial charge in [-0.3, -0.25) is 0 Å². The molecule has 1 rings (SSSR count). The van der Waals surface area contributed by atoms with E-state index in [0.717, 1.165) is 5.56 Å². The molecule has 0 spiro atoms. The van der Waals surface area contributed by atoms with Crippen molar-refractivity contribution in [2.24, 2.45) is 0 Å². The summed E-state index contributed by atoms with van der Waals surface area (Å²) < 4.78 is 0.346. The lowest BCUT2D eigenvalue weighted by Crippen LogP contribution is -1.81. The fourth-order valence-electron chi connectivity index (χ4n) is 0.788. The fraction of sp³-hybridized carbons (Fsp3) is 0.250. The smallest absolute Gasteiger partial charge is 0.157 e. The molecule has 0 radical (unpaired) electrons. The van der Waals surface area contributed by atoms with Gasteiger partial charge in [0.25, 0.3) is 0 Å². The van der Waals surface area contributed by atoms with Crippen LogP contribution in [0.4, 0.5) is 0 Å². The zero-order chi connectivity index (χ0) is 8.43. The van der Waals surface area contributed by atoms with Crippen LogP contribution < -0.4 is 0 Å². The maximum Gasteiger partial charge on any atom is 0.157 e. The second kappa shape index (κ2) is 3.30. The molecule has 2 N–H and O–H groups in total. The quantitative estimate of drug-likeness (QED) is 0.465. The van der Waals surface area contributed by atoms with Crippen molar-refractivity contribution in [1.82, 2.24) is 0 Å². The Kier molecular flexibility index (Phi) is 2.59. The normalized spacial score (nSPS) is 12.9. The molecule has 0 fully saturated rings. The second-order valence-corrected chi connectivity index (χ2v) is 4.23. The first-order chi connectivity index (χ1) is 5.11. The standard InChI is InChI=1S/C8H9IO2/c1-5(9)6-2-3-7(10)8(11)4-6/h2-5,10-11H,1H3. The Labute approximate surface area is 79.0 Å². The van der Waals surface area contributed by atoms with Gasteiger partial charge in [-0.15, -0.1) is 0 Å². The zero-order valence-electron chi connectivity index (χ0n) is 6.08. The van der Waals surface area contributed by atoms with Crippen molar-refractivity contribution in [2.45, 2.75) is 10.8 Å². The van der Waals surface area contributed by atoms with Crippen LogP contribution in [0.1, 0.15) is 16.4 Å². The summed E-state index contributed by atoms with van der Waals surface area (Å²) in [6.45, 7) is 2.02. The second-order valence-electron chi connectivity index (χ2n) is 2.36. The lowest BCUT2D eigenvalue weighted by molar-refractivity contribution is 0.403. The molecule has 1 aromatic carbocycles. The van der Waals surface area contributed by atoms with Gasteiger partial charge in [0.1, 0.15) is 0 Å². The maximum absolute atomic E-state index is 9.10. The topological polar surface area (TPSA) is 40.5 Å². The summed E-state index contributed by atoms with van der Waals surface area (Å²) >= 11 is 2.24. The third-order valence-corrected chi connectivity index (χ3v) is 2.18. The largest absolute Gasteiger partial charge is 0.504 e. The molecule has 0 amide bonds. The van der Waals surface area contributed by atoms with E-state index in [1.54, 1.807) is 12.1 Å². The molecule has 0 aliphatic heterocycles. The molecular weight excluding hydrogens is 255 g/mol. The number of halogens is 1. The van der Waals surface area contributed by atoms with Gasteiger partial charge in [-0.1, -0.05) is 28.7 Å². The van der Waals surface area contributed by atoms with Crippen LogP contribution in [0.5, 0.6) is 11.5 Å². The molecule has 3 heteroatoms. The predicted octanol–water partition coefficient (Wildman–Crippen LogP) is 2.59. The molecule has 0 saturated carbocycles. The lowest BCUT2D eigenvalue weighted by atomic mass is 10.1. The van der Waals surface area contributed by atoms with E-state index >= 15 is 0 Å². The number of phenols is 2. The highest BCUT2D eigenvalue weighted by Gasteiger charge is 2.03. The van der Waals surface area contributed by atoms with E-state index in [9.17, 15) is 0 Å². The van der Waals surface area contributed by atoms with Gasteiger partial charge in [-0.2, -0.15) is 0 Å². The van der Waals surface area contributed by atoms with E-state index in [0.29, 0.717) is 3.92 Å². The third kappa shape index (κ3) is 1.99. The average Bonchev–Trinajstić information content (AvgIpc) is 1.94. The van der Waals surface area contributed by atoms with Gasteiger partial charge in [0.05, 0.1) is 0 Å². The number of hydrogen-bond acceptors (Lipinski definition) is 2. The van der Waals surface area contributed by atoms with Gasteiger partial charge in [0.2, 0.25) is 0 Å². The van der Waals surface area contributed by atoms with Crippen molar-refractivity contribution in [1.29, 1.82) is 0 Å². The van der Waals surface area contributed by atoms with Crippen molar-refractivity contribution >= 4 is 22.6 Å². The minimum absolute atomic E-state index is 0.0500. The van der Waals surface area contributed by atoms with Gasteiger partial charge in [-0.25, -0.2) is 0 Å². The van der Waals surface area contributed by atoms with Crippen LogP contribution in [0.3, 0.4) is 0 Å². The molecule has 1 aromatic rings. The van der Waals surface area contributed by atoms with Crippen LogP contribution in [0.15, 0.2) is 18.2 Å². The number of phenolic OH excluding ortho intramolecular Hbond substituents is 2. The minimum atomic E-state index is -0.0641.